The van der Waals surface area contributed by atoms with Crippen molar-refractivity contribution in [2.24, 2.45) is 17.6 Å². The van der Waals surface area contributed by atoms with Crippen LogP contribution in [0.25, 0.3) is 0 Å². The lowest BCUT2D eigenvalue weighted by atomic mass is 9.98. The zero-order chi connectivity index (χ0) is 13.0. The van der Waals surface area contributed by atoms with Gasteiger partial charge in [-0.05, 0) is 32.1 Å². The maximum absolute atomic E-state index is 6.35. The van der Waals surface area contributed by atoms with Crippen LogP contribution in [0.3, 0.4) is 0 Å². The van der Waals surface area contributed by atoms with Crippen molar-refractivity contribution in [2.45, 2.75) is 38.3 Å². The minimum Gasteiger partial charge on any atom is -0.383 e. The second-order valence-corrected chi connectivity index (χ2v) is 5.85. The quantitative estimate of drug-likeness (QED) is 0.706. The van der Waals surface area contributed by atoms with Gasteiger partial charge in [-0.2, -0.15) is 0 Å². The third-order valence-corrected chi connectivity index (χ3v) is 4.48. The Morgan fingerprint density at radius 3 is 2.67 bits per heavy atom. The van der Waals surface area contributed by atoms with Crippen molar-refractivity contribution in [3.63, 3.8) is 0 Å². The summed E-state index contributed by atoms with van der Waals surface area (Å²) in [4.78, 5) is 2.52. The molecule has 1 saturated carbocycles. The fourth-order valence-corrected chi connectivity index (χ4v) is 2.86. The molecule has 0 spiro atoms. The molecule has 0 bridgehead atoms. The number of hydrogen-bond acceptors (Lipinski definition) is 4. The first-order valence-corrected chi connectivity index (χ1v) is 7.28. The maximum Gasteiger partial charge on any atom is 0.0589 e. The molecule has 2 fully saturated rings. The van der Waals surface area contributed by atoms with E-state index in [1.165, 1.54) is 12.8 Å². The van der Waals surface area contributed by atoms with Gasteiger partial charge in [-0.15, -0.1) is 0 Å². The summed E-state index contributed by atoms with van der Waals surface area (Å²) in [6.07, 6.45) is 3.88. The second kappa shape index (κ2) is 6.85. The molecule has 1 heterocycles. The van der Waals surface area contributed by atoms with E-state index in [2.05, 4.69) is 11.8 Å². The van der Waals surface area contributed by atoms with Crippen LogP contribution < -0.4 is 5.73 Å². The highest BCUT2D eigenvalue weighted by Crippen LogP contribution is 2.35. The Kier molecular flexibility index (Phi) is 5.42. The Morgan fingerprint density at radius 1 is 1.33 bits per heavy atom. The Balaban J connectivity index is 1.82. The van der Waals surface area contributed by atoms with E-state index in [1.807, 2.05) is 0 Å². The molecule has 2 N–H and O–H groups in total. The summed E-state index contributed by atoms with van der Waals surface area (Å²) in [5, 5.41) is 0. The first-order chi connectivity index (χ1) is 8.72. The Labute approximate surface area is 111 Å². The molecular weight excluding hydrogens is 228 g/mol. The predicted octanol–water partition coefficient (Wildman–Crippen LogP) is 1.10. The smallest absolute Gasteiger partial charge is 0.0589 e. The van der Waals surface area contributed by atoms with Gasteiger partial charge in [0.05, 0.1) is 13.2 Å². The van der Waals surface area contributed by atoms with Crippen molar-refractivity contribution < 1.29 is 9.47 Å². The lowest BCUT2D eigenvalue weighted by molar-refractivity contribution is 0.103. The molecule has 0 aromatic heterocycles. The summed E-state index contributed by atoms with van der Waals surface area (Å²) in [5.74, 6) is 1.43. The van der Waals surface area contributed by atoms with Crippen molar-refractivity contribution in [1.82, 2.24) is 4.90 Å². The van der Waals surface area contributed by atoms with Crippen LogP contribution in [-0.2, 0) is 9.47 Å². The van der Waals surface area contributed by atoms with E-state index in [4.69, 9.17) is 15.2 Å². The Hall–Kier alpha value is -0.160. The molecule has 0 radical (unpaired) electrons. The summed E-state index contributed by atoms with van der Waals surface area (Å²) in [5.41, 5.74) is 6.35. The van der Waals surface area contributed by atoms with Gasteiger partial charge in [0.2, 0.25) is 0 Å². The van der Waals surface area contributed by atoms with E-state index < -0.39 is 0 Å². The molecule has 2 aliphatic rings. The number of nitrogens with zero attached hydrogens (tertiary/aromatic N) is 1. The van der Waals surface area contributed by atoms with Crippen molar-refractivity contribution >= 4 is 0 Å². The van der Waals surface area contributed by atoms with Crippen LogP contribution in [0.5, 0.6) is 0 Å². The van der Waals surface area contributed by atoms with E-state index in [0.717, 1.165) is 45.2 Å². The van der Waals surface area contributed by atoms with Gasteiger partial charge in [-0.25, -0.2) is 0 Å². The summed E-state index contributed by atoms with van der Waals surface area (Å²) >= 11 is 0. The first kappa shape index (κ1) is 14.3. The Bertz CT molecular complexity index is 240. The van der Waals surface area contributed by atoms with Crippen LogP contribution >= 0.6 is 0 Å². The highest BCUT2D eigenvalue weighted by molar-refractivity contribution is 4.88. The van der Waals surface area contributed by atoms with Crippen molar-refractivity contribution in [2.75, 3.05) is 40.0 Å². The van der Waals surface area contributed by atoms with E-state index in [9.17, 15) is 0 Å². The second-order valence-electron chi connectivity index (χ2n) is 5.85. The van der Waals surface area contributed by atoms with Crippen molar-refractivity contribution in [3.05, 3.63) is 0 Å². The van der Waals surface area contributed by atoms with Crippen molar-refractivity contribution in [1.29, 1.82) is 0 Å². The molecule has 1 aliphatic heterocycles. The fourth-order valence-electron chi connectivity index (χ4n) is 2.86. The number of rotatable bonds is 8. The fraction of sp³-hybridized carbons (Fsp3) is 1.00. The third kappa shape index (κ3) is 3.92. The highest BCUT2D eigenvalue weighted by Gasteiger charge is 2.33. The number of hydrogen-bond donors (Lipinski definition) is 1. The minimum absolute atomic E-state index is 0.241. The average Bonchev–Trinajstić information content (AvgIpc) is 3.08. The molecule has 2 rings (SSSR count). The molecule has 4 nitrogen and oxygen atoms in total. The van der Waals surface area contributed by atoms with E-state index >= 15 is 0 Å². The van der Waals surface area contributed by atoms with Gasteiger partial charge in [0.15, 0.2) is 0 Å². The van der Waals surface area contributed by atoms with Gasteiger partial charge in [0.25, 0.3) is 0 Å². The lowest BCUT2D eigenvalue weighted by Crippen LogP contribution is -2.47. The van der Waals surface area contributed by atoms with Crippen LogP contribution in [-0.4, -0.2) is 57.0 Å². The number of nitrogens with two attached hydrogens (primary N) is 1. The zero-order valence-corrected chi connectivity index (χ0v) is 11.8. The molecule has 18 heavy (non-hydrogen) atoms. The Morgan fingerprint density at radius 2 is 2.11 bits per heavy atom. The molecule has 0 aromatic carbocycles. The van der Waals surface area contributed by atoms with Gasteiger partial charge in [0, 0.05) is 44.8 Å². The van der Waals surface area contributed by atoms with Gasteiger partial charge < -0.3 is 15.2 Å². The van der Waals surface area contributed by atoms with E-state index in [-0.39, 0.29) is 6.04 Å². The summed E-state index contributed by atoms with van der Waals surface area (Å²) < 4.78 is 10.7. The van der Waals surface area contributed by atoms with Crippen LogP contribution in [0.2, 0.25) is 0 Å². The molecular formula is C14H28N2O2. The molecule has 106 valence electrons. The third-order valence-electron chi connectivity index (χ3n) is 4.48. The molecule has 3 atom stereocenters. The summed E-state index contributed by atoms with van der Waals surface area (Å²) in [6, 6.07) is 0.888. The van der Waals surface area contributed by atoms with Gasteiger partial charge >= 0.3 is 0 Å². The molecule has 0 amide bonds. The van der Waals surface area contributed by atoms with Gasteiger partial charge in [-0.1, -0.05) is 0 Å². The standard InChI is InChI=1S/C14H28N2O2/c1-11(12-3-4-12)16(6-8-17-2)9-14(15)13-5-7-18-10-13/h11-14H,3-10,15H2,1-2H3. The normalized spacial score (nSPS) is 27.7. The molecule has 4 heteroatoms. The predicted molar refractivity (Wildman–Crippen MR) is 72.5 cm³/mol. The van der Waals surface area contributed by atoms with Crippen LogP contribution in [0.1, 0.15) is 26.2 Å². The number of ether oxygens (including phenoxy) is 2. The van der Waals surface area contributed by atoms with E-state index in [1.54, 1.807) is 7.11 Å². The van der Waals surface area contributed by atoms with Gasteiger partial charge in [-0.3, -0.25) is 4.90 Å². The average molecular weight is 256 g/mol. The summed E-state index contributed by atoms with van der Waals surface area (Å²) in [7, 11) is 1.77. The topological polar surface area (TPSA) is 47.7 Å². The molecule has 1 aliphatic carbocycles. The molecule has 3 unspecified atom stereocenters. The molecule has 1 saturated heterocycles. The van der Waals surface area contributed by atoms with Crippen LogP contribution in [0.4, 0.5) is 0 Å². The molecule has 0 aromatic rings. The monoisotopic (exact) mass is 256 g/mol. The largest absolute Gasteiger partial charge is 0.383 e. The van der Waals surface area contributed by atoms with Crippen molar-refractivity contribution in [3.8, 4) is 0 Å². The summed E-state index contributed by atoms with van der Waals surface area (Å²) in [6.45, 7) is 6.84. The number of methoxy groups -OCH3 is 1. The first-order valence-electron chi connectivity index (χ1n) is 7.28. The van der Waals surface area contributed by atoms with Gasteiger partial charge in [0.1, 0.15) is 0 Å². The van der Waals surface area contributed by atoms with Crippen LogP contribution in [0.15, 0.2) is 0 Å². The maximum atomic E-state index is 6.35. The SMILES string of the molecule is COCCN(CC(N)C1CCOC1)C(C)C1CC1. The zero-order valence-electron chi connectivity index (χ0n) is 11.8. The lowest BCUT2D eigenvalue weighted by Gasteiger charge is -2.33. The van der Waals surface area contributed by atoms with E-state index in [0.29, 0.717) is 12.0 Å². The van der Waals surface area contributed by atoms with Crippen LogP contribution in [0, 0.1) is 11.8 Å². The highest BCUT2D eigenvalue weighted by atomic mass is 16.5. The minimum atomic E-state index is 0.241.